The number of nitrogens with one attached hydrogen (secondary N) is 1. The van der Waals surface area contributed by atoms with Crippen LogP contribution in [0.2, 0.25) is 0 Å². The van der Waals surface area contributed by atoms with Gasteiger partial charge in [0, 0.05) is 29.6 Å². The number of rotatable bonds is 6. The van der Waals surface area contributed by atoms with Crippen molar-refractivity contribution >= 4 is 15.8 Å². The van der Waals surface area contributed by atoms with Crippen molar-refractivity contribution in [2.24, 2.45) is 0 Å². The Morgan fingerprint density at radius 1 is 1.00 bits per heavy atom. The number of ketones is 1. The predicted octanol–water partition coefficient (Wildman–Crippen LogP) is 3.28. The Balaban J connectivity index is 1.50. The van der Waals surface area contributed by atoms with Gasteiger partial charge in [0.25, 0.3) is 0 Å². The van der Waals surface area contributed by atoms with E-state index in [1.54, 1.807) is 36.4 Å². The quantitative estimate of drug-likeness (QED) is 0.667. The summed E-state index contributed by atoms with van der Waals surface area (Å²) < 4.78 is 30.1. The van der Waals surface area contributed by atoms with E-state index in [9.17, 15) is 13.2 Å². The van der Waals surface area contributed by atoms with Crippen LogP contribution in [0, 0.1) is 0 Å². The highest BCUT2D eigenvalue weighted by Crippen LogP contribution is 2.27. The van der Waals surface area contributed by atoms with Crippen LogP contribution in [0.5, 0.6) is 0 Å². The van der Waals surface area contributed by atoms with Gasteiger partial charge < -0.3 is 4.57 Å². The molecule has 0 spiro atoms. The summed E-state index contributed by atoms with van der Waals surface area (Å²) >= 11 is 0. The van der Waals surface area contributed by atoms with E-state index >= 15 is 0 Å². The SMILES string of the molecule is O=C(c1ccccc1)c1cccc(CS(=O)(=O)NC2CCn3cccc32)c1. The number of carbonyl (C=O) groups is 1. The van der Waals surface area contributed by atoms with Gasteiger partial charge in [-0.15, -0.1) is 0 Å². The molecule has 27 heavy (non-hydrogen) atoms. The van der Waals surface area contributed by atoms with Gasteiger partial charge in [0.2, 0.25) is 10.0 Å². The van der Waals surface area contributed by atoms with Crippen molar-refractivity contribution in [2.75, 3.05) is 0 Å². The average Bonchev–Trinajstić information content (AvgIpc) is 3.27. The van der Waals surface area contributed by atoms with Crippen LogP contribution in [0.25, 0.3) is 0 Å². The minimum Gasteiger partial charge on any atom is -0.350 e. The van der Waals surface area contributed by atoms with E-state index in [4.69, 9.17) is 0 Å². The molecular formula is C21H20N2O3S. The third kappa shape index (κ3) is 3.86. The van der Waals surface area contributed by atoms with Gasteiger partial charge in [0.1, 0.15) is 0 Å². The van der Waals surface area contributed by atoms with Gasteiger partial charge in [-0.1, -0.05) is 48.5 Å². The summed E-state index contributed by atoms with van der Waals surface area (Å²) in [5.41, 5.74) is 2.66. The van der Waals surface area contributed by atoms with E-state index in [-0.39, 0.29) is 17.6 Å². The van der Waals surface area contributed by atoms with Crippen molar-refractivity contribution in [1.82, 2.24) is 9.29 Å². The van der Waals surface area contributed by atoms with Crippen molar-refractivity contribution in [2.45, 2.75) is 24.8 Å². The molecule has 0 radical (unpaired) electrons. The molecule has 0 amide bonds. The van der Waals surface area contributed by atoms with Crippen molar-refractivity contribution in [3.05, 3.63) is 95.3 Å². The minimum absolute atomic E-state index is 0.114. The number of hydrogen-bond acceptors (Lipinski definition) is 3. The molecular weight excluding hydrogens is 360 g/mol. The summed E-state index contributed by atoms with van der Waals surface area (Å²) in [6.45, 7) is 0.816. The zero-order chi connectivity index (χ0) is 18.9. The second-order valence-corrected chi connectivity index (χ2v) is 8.49. The molecule has 2 aromatic carbocycles. The summed E-state index contributed by atoms with van der Waals surface area (Å²) in [4.78, 5) is 12.6. The van der Waals surface area contributed by atoms with Gasteiger partial charge >= 0.3 is 0 Å². The van der Waals surface area contributed by atoms with Crippen LogP contribution in [0.1, 0.15) is 39.6 Å². The van der Waals surface area contributed by atoms with Crippen molar-refractivity contribution in [3.8, 4) is 0 Å². The topological polar surface area (TPSA) is 68.2 Å². The molecule has 1 aliphatic rings. The molecule has 5 nitrogen and oxygen atoms in total. The fourth-order valence-corrected chi connectivity index (χ4v) is 4.89. The van der Waals surface area contributed by atoms with Gasteiger partial charge in [-0.3, -0.25) is 4.79 Å². The first-order valence-electron chi connectivity index (χ1n) is 8.85. The molecule has 2 heterocycles. The van der Waals surface area contributed by atoms with Crippen LogP contribution in [0.15, 0.2) is 72.9 Å². The number of sulfonamides is 1. The Kier molecular flexibility index (Phi) is 4.68. The van der Waals surface area contributed by atoms with Crippen molar-refractivity contribution in [1.29, 1.82) is 0 Å². The van der Waals surface area contributed by atoms with E-state index in [0.29, 0.717) is 16.7 Å². The van der Waals surface area contributed by atoms with E-state index in [1.165, 1.54) is 0 Å². The molecule has 1 atom stereocenters. The Hall–Kier alpha value is -2.70. The lowest BCUT2D eigenvalue weighted by atomic mass is 10.0. The van der Waals surface area contributed by atoms with E-state index < -0.39 is 10.0 Å². The second-order valence-electron chi connectivity index (χ2n) is 6.74. The van der Waals surface area contributed by atoms with E-state index in [1.807, 2.05) is 36.5 Å². The Labute approximate surface area is 158 Å². The van der Waals surface area contributed by atoms with E-state index in [2.05, 4.69) is 9.29 Å². The zero-order valence-corrected chi connectivity index (χ0v) is 15.5. The molecule has 4 rings (SSSR count). The minimum atomic E-state index is -3.52. The van der Waals surface area contributed by atoms with Crippen LogP contribution < -0.4 is 4.72 Å². The first-order valence-corrected chi connectivity index (χ1v) is 10.5. The first-order chi connectivity index (χ1) is 13.0. The van der Waals surface area contributed by atoms with Gasteiger partial charge in [0.15, 0.2) is 5.78 Å². The average molecular weight is 380 g/mol. The van der Waals surface area contributed by atoms with Crippen LogP contribution in [0.3, 0.4) is 0 Å². The van der Waals surface area contributed by atoms with Crippen LogP contribution in [-0.4, -0.2) is 18.8 Å². The molecule has 0 bridgehead atoms. The Morgan fingerprint density at radius 3 is 2.59 bits per heavy atom. The van der Waals surface area contributed by atoms with Gasteiger partial charge in [-0.05, 0) is 30.2 Å². The zero-order valence-electron chi connectivity index (χ0n) is 14.7. The number of aryl methyl sites for hydroxylation is 1. The summed E-state index contributed by atoms with van der Waals surface area (Å²) in [6.07, 6.45) is 2.71. The van der Waals surface area contributed by atoms with Crippen LogP contribution >= 0.6 is 0 Å². The standard InChI is InChI=1S/C21H20N2O3S/c24-21(17-7-2-1-3-8-17)18-9-4-6-16(14-18)15-27(25,26)22-19-11-13-23-12-5-10-20(19)23/h1-10,12,14,19,22H,11,13,15H2. The van der Waals surface area contributed by atoms with Crippen LogP contribution in [0.4, 0.5) is 0 Å². The number of nitrogens with zero attached hydrogens (tertiary/aromatic N) is 1. The Morgan fingerprint density at radius 2 is 1.78 bits per heavy atom. The van der Waals surface area contributed by atoms with Gasteiger partial charge in [0.05, 0.1) is 11.8 Å². The number of hydrogen-bond donors (Lipinski definition) is 1. The number of aromatic nitrogens is 1. The summed E-state index contributed by atoms with van der Waals surface area (Å²) in [5, 5.41) is 0. The van der Waals surface area contributed by atoms with Crippen molar-refractivity contribution < 1.29 is 13.2 Å². The molecule has 1 unspecified atom stereocenters. The molecule has 0 saturated heterocycles. The monoisotopic (exact) mass is 380 g/mol. The summed E-state index contributed by atoms with van der Waals surface area (Å²) in [6, 6.07) is 19.5. The lowest BCUT2D eigenvalue weighted by Crippen LogP contribution is -2.28. The number of fused-ring (bicyclic) bond motifs is 1. The van der Waals surface area contributed by atoms with Crippen LogP contribution in [-0.2, 0) is 22.3 Å². The molecule has 1 aromatic heterocycles. The molecule has 6 heteroatoms. The third-order valence-electron chi connectivity index (χ3n) is 4.78. The molecule has 0 aliphatic carbocycles. The lowest BCUT2D eigenvalue weighted by Gasteiger charge is -2.13. The fourth-order valence-electron chi connectivity index (χ4n) is 3.52. The number of carbonyl (C=O) groups excluding carboxylic acids is 1. The highest BCUT2D eigenvalue weighted by molar-refractivity contribution is 7.88. The Bertz CT molecular complexity index is 1070. The summed E-state index contributed by atoms with van der Waals surface area (Å²) in [5.74, 6) is -0.267. The molecule has 1 N–H and O–H groups in total. The van der Waals surface area contributed by atoms with Gasteiger partial charge in [-0.2, -0.15) is 0 Å². The molecule has 138 valence electrons. The highest BCUT2D eigenvalue weighted by atomic mass is 32.2. The third-order valence-corrected chi connectivity index (χ3v) is 6.14. The maximum absolute atomic E-state index is 12.6. The predicted molar refractivity (Wildman–Crippen MR) is 104 cm³/mol. The molecule has 0 saturated carbocycles. The summed E-state index contributed by atoms with van der Waals surface area (Å²) in [7, 11) is -3.52. The van der Waals surface area contributed by atoms with E-state index in [0.717, 1.165) is 18.7 Å². The van der Waals surface area contributed by atoms with Gasteiger partial charge in [-0.25, -0.2) is 13.1 Å². The number of benzene rings is 2. The fraction of sp³-hybridized carbons (Fsp3) is 0.190. The maximum atomic E-state index is 12.6. The maximum Gasteiger partial charge on any atom is 0.216 e. The van der Waals surface area contributed by atoms with Crippen molar-refractivity contribution in [3.63, 3.8) is 0 Å². The first kappa shape index (κ1) is 17.7. The molecule has 1 aliphatic heterocycles. The lowest BCUT2D eigenvalue weighted by molar-refractivity contribution is 0.103. The second kappa shape index (κ2) is 7.13. The smallest absolute Gasteiger partial charge is 0.216 e. The largest absolute Gasteiger partial charge is 0.350 e. The molecule has 0 fully saturated rings. The normalized spacial score (nSPS) is 16.2. The highest BCUT2D eigenvalue weighted by Gasteiger charge is 2.26. The molecule has 3 aromatic rings.